The van der Waals surface area contributed by atoms with Gasteiger partial charge in [-0.3, -0.25) is 10.1 Å². The molecule has 27 heavy (non-hydrogen) atoms. The van der Waals surface area contributed by atoms with Crippen LogP contribution in [-0.2, 0) is 0 Å². The second kappa shape index (κ2) is 6.67. The van der Waals surface area contributed by atoms with Crippen molar-refractivity contribution in [2.45, 2.75) is 33.8 Å². The zero-order chi connectivity index (χ0) is 19.0. The van der Waals surface area contributed by atoms with Gasteiger partial charge in [-0.25, -0.2) is 4.98 Å². The maximum atomic E-state index is 6.02. The number of aryl methyl sites for hydroxylation is 1. The van der Waals surface area contributed by atoms with Gasteiger partial charge in [0.05, 0.1) is 12.3 Å². The smallest absolute Gasteiger partial charge is 0.247 e. The van der Waals surface area contributed by atoms with Gasteiger partial charge in [-0.1, -0.05) is 0 Å². The number of rotatable bonds is 5. The number of hydrogen-bond donors (Lipinski definition) is 2. The van der Waals surface area contributed by atoms with E-state index in [1.165, 1.54) is 0 Å². The van der Waals surface area contributed by atoms with Crippen LogP contribution in [0, 0.1) is 13.8 Å². The third-order valence-electron chi connectivity index (χ3n) is 4.17. The molecule has 4 rings (SSSR count). The fourth-order valence-electron chi connectivity index (χ4n) is 2.71. The molecule has 0 aromatic carbocycles. The van der Waals surface area contributed by atoms with Gasteiger partial charge in [0.15, 0.2) is 5.75 Å². The van der Waals surface area contributed by atoms with Crippen molar-refractivity contribution in [3.8, 4) is 17.0 Å². The zero-order valence-corrected chi connectivity index (χ0v) is 15.6. The fourth-order valence-corrected chi connectivity index (χ4v) is 2.71. The SMILES string of the molecule is Cc1nccc(Nc2nc3c(OC(C)C)c(-c4cn[nH]c4)ncn3n2)c1C. The van der Waals surface area contributed by atoms with Gasteiger partial charge in [-0.15, -0.1) is 5.10 Å². The van der Waals surface area contributed by atoms with Crippen LogP contribution in [-0.4, -0.2) is 40.9 Å². The van der Waals surface area contributed by atoms with Gasteiger partial charge in [0.2, 0.25) is 11.6 Å². The molecule has 0 atom stereocenters. The Kier molecular flexibility index (Phi) is 4.19. The van der Waals surface area contributed by atoms with Crippen molar-refractivity contribution in [3.05, 3.63) is 42.2 Å². The van der Waals surface area contributed by atoms with Crippen molar-refractivity contribution < 1.29 is 4.74 Å². The number of aromatic nitrogens is 7. The monoisotopic (exact) mass is 364 g/mol. The van der Waals surface area contributed by atoms with Crippen LogP contribution in [0.1, 0.15) is 25.1 Å². The standard InChI is InChI=1S/C18H20N8O/c1-10(2)27-16-15(13-7-21-22-8-13)20-9-26-17(16)24-18(25-26)23-14-5-6-19-12(4)11(14)3/h5-10H,1-4H3,(H,21,22)(H,19,23,25). The Hall–Kier alpha value is -3.49. The lowest BCUT2D eigenvalue weighted by atomic mass is 10.2. The summed E-state index contributed by atoms with van der Waals surface area (Å²) in [5, 5.41) is 14.5. The second-order valence-electron chi connectivity index (χ2n) is 6.47. The van der Waals surface area contributed by atoms with Crippen molar-refractivity contribution in [2.24, 2.45) is 0 Å². The number of H-pyrrole nitrogens is 1. The minimum absolute atomic E-state index is 0.0400. The Balaban J connectivity index is 1.80. The summed E-state index contributed by atoms with van der Waals surface area (Å²) < 4.78 is 7.63. The van der Waals surface area contributed by atoms with Crippen LogP contribution in [0.4, 0.5) is 11.6 Å². The number of pyridine rings is 1. The van der Waals surface area contributed by atoms with Gasteiger partial charge in [-0.2, -0.15) is 14.6 Å². The predicted octanol–water partition coefficient (Wildman–Crippen LogP) is 3.06. The molecule has 2 N–H and O–H groups in total. The quantitative estimate of drug-likeness (QED) is 0.560. The molecule has 0 fully saturated rings. The molecular weight excluding hydrogens is 344 g/mol. The molecule has 4 aromatic rings. The van der Waals surface area contributed by atoms with E-state index in [1.807, 2.05) is 33.8 Å². The highest BCUT2D eigenvalue weighted by atomic mass is 16.5. The summed E-state index contributed by atoms with van der Waals surface area (Å²) in [6.07, 6.45) is 6.80. The number of anilines is 2. The summed E-state index contributed by atoms with van der Waals surface area (Å²) in [5.41, 5.74) is 4.99. The number of hydrogen-bond acceptors (Lipinski definition) is 7. The molecule has 4 aromatic heterocycles. The van der Waals surface area contributed by atoms with E-state index in [9.17, 15) is 0 Å². The Morgan fingerprint density at radius 2 is 2.07 bits per heavy atom. The molecular formula is C18H20N8O. The molecule has 0 spiro atoms. The van der Waals surface area contributed by atoms with Gasteiger partial charge < -0.3 is 10.1 Å². The third-order valence-corrected chi connectivity index (χ3v) is 4.17. The molecule has 0 bridgehead atoms. The summed E-state index contributed by atoms with van der Waals surface area (Å²) in [7, 11) is 0. The van der Waals surface area contributed by atoms with Gasteiger partial charge in [-0.05, 0) is 39.3 Å². The van der Waals surface area contributed by atoms with E-state index in [0.29, 0.717) is 23.0 Å². The molecule has 9 heteroatoms. The van der Waals surface area contributed by atoms with Crippen molar-refractivity contribution in [1.82, 2.24) is 34.8 Å². The molecule has 9 nitrogen and oxygen atoms in total. The number of nitrogens with zero attached hydrogens (tertiary/aromatic N) is 6. The summed E-state index contributed by atoms with van der Waals surface area (Å²) in [4.78, 5) is 13.4. The average Bonchev–Trinajstić information content (AvgIpc) is 3.28. The van der Waals surface area contributed by atoms with Crippen LogP contribution in [0.3, 0.4) is 0 Å². The summed E-state index contributed by atoms with van der Waals surface area (Å²) in [6.45, 7) is 7.89. The van der Waals surface area contributed by atoms with Crippen molar-refractivity contribution in [1.29, 1.82) is 0 Å². The Bertz CT molecular complexity index is 1080. The molecule has 0 unspecified atom stereocenters. The van der Waals surface area contributed by atoms with Gasteiger partial charge in [0, 0.05) is 29.3 Å². The van der Waals surface area contributed by atoms with Crippen molar-refractivity contribution in [3.63, 3.8) is 0 Å². The summed E-state index contributed by atoms with van der Waals surface area (Å²) >= 11 is 0. The molecule has 4 heterocycles. The maximum Gasteiger partial charge on any atom is 0.247 e. The van der Waals surface area contributed by atoms with Gasteiger partial charge in [0.25, 0.3) is 0 Å². The van der Waals surface area contributed by atoms with E-state index in [1.54, 1.807) is 29.4 Å². The first-order valence-electron chi connectivity index (χ1n) is 8.63. The van der Waals surface area contributed by atoms with Crippen LogP contribution in [0.25, 0.3) is 16.9 Å². The largest absolute Gasteiger partial charge is 0.485 e. The lowest BCUT2D eigenvalue weighted by Gasteiger charge is -2.12. The van der Waals surface area contributed by atoms with Crippen LogP contribution >= 0.6 is 0 Å². The van der Waals surface area contributed by atoms with Crippen LogP contribution in [0.15, 0.2) is 31.0 Å². The first-order valence-corrected chi connectivity index (χ1v) is 8.63. The first kappa shape index (κ1) is 17.0. The van der Waals surface area contributed by atoms with Crippen LogP contribution < -0.4 is 10.1 Å². The third kappa shape index (κ3) is 3.19. The Labute approximate surface area is 155 Å². The van der Waals surface area contributed by atoms with E-state index in [-0.39, 0.29) is 6.10 Å². The Morgan fingerprint density at radius 1 is 1.22 bits per heavy atom. The van der Waals surface area contributed by atoms with Crippen LogP contribution in [0.2, 0.25) is 0 Å². The summed E-state index contributed by atoms with van der Waals surface area (Å²) in [5.74, 6) is 1.03. The second-order valence-corrected chi connectivity index (χ2v) is 6.47. The molecule has 0 amide bonds. The molecule has 0 radical (unpaired) electrons. The van der Waals surface area contributed by atoms with E-state index in [4.69, 9.17) is 4.74 Å². The number of nitrogens with one attached hydrogen (secondary N) is 2. The molecule has 0 saturated carbocycles. The molecule has 0 saturated heterocycles. The molecule has 0 aliphatic rings. The normalized spacial score (nSPS) is 11.3. The fraction of sp³-hybridized carbons (Fsp3) is 0.278. The zero-order valence-electron chi connectivity index (χ0n) is 15.6. The lowest BCUT2D eigenvalue weighted by molar-refractivity contribution is 0.244. The molecule has 0 aliphatic carbocycles. The lowest BCUT2D eigenvalue weighted by Crippen LogP contribution is -2.09. The minimum Gasteiger partial charge on any atom is -0.485 e. The highest BCUT2D eigenvalue weighted by Gasteiger charge is 2.19. The van der Waals surface area contributed by atoms with E-state index in [0.717, 1.165) is 22.5 Å². The summed E-state index contributed by atoms with van der Waals surface area (Å²) in [6, 6.07) is 1.90. The topological polar surface area (TPSA) is 106 Å². The maximum absolute atomic E-state index is 6.02. The minimum atomic E-state index is -0.0400. The van der Waals surface area contributed by atoms with E-state index >= 15 is 0 Å². The predicted molar refractivity (Wildman–Crippen MR) is 101 cm³/mol. The average molecular weight is 364 g/mol. The van der Waals surface area contributed by atoms with Crippen LogP contribution in [0.5, 0.6) is 5.75 Å². The van der Waals surface area contributed by atoms with Gasteiger partial charge >= 0.3 is 0 Å². The Morgan fingerprint density at radius 3 is 2.81 bits per heavy atom. The number of fused-ring (bicyclic) bond motifs is 1. The van der Waals surface area contributed by atoms with E-state index < -0.39 is 0 Å². The number of aromatic amines is 1. The van der Waals surface area contributed by atoms with Gasteiger partial charge in [0.1, 0.15) is 12.0 Å². The van der Waals surface area contributed by atoms with Crippen molar-refractivity contribution >= 4 is 17.3 Å². The first-order chi connectivity index (χ1) is 13.0. The highest BCUT2D eigenvalue weighted by molar-refractivity contribution is 5.74. The number of ether oxygens (including phenoxy) is 1. The van der Waals surface area contributed by atoms with Crippen molar-refractivity contribution in [2.75, 3.05) is 5.32 Å². The molecule has 0 aliphatic heterocycles. The molecule has 138 valence electrons. The highest BCUT2D eigenvalue weighted by Crippen LogP contribution is 2.32. The van der Waals surface area contributed by atoms with E-state index in [2.05, 4.69) is 35.6 Å².